The van der Waals surface area contributed by atoms with Crippen LogP contribution in [0.1, 0.15) is 11.5 Å². The summed E-state index contributed by atoms with van der Waals surface area (Å²) in [6, 6.07) is 56.1. The fraction of sp³-hybridized carbons (Fsp3) is 0.0556. The Morgan fingerprint density at radius 1 is 0.395 bits per heavy atom. The Balaban J connectivity index is 1.73. The summed E-state index contributed by atoms with van der Waals surface area (Å²) in [6.45, 7) is 0. The van der Waals surface area contributed by atoms with Crippen LogP contribution in [-0.4, -0.2) is 4.90 Å². The molecule has 1 aliphatic rings. The Kier molecular flexibility index (Phi) is 7.46. The zero-order valence-corrected chi connectivity index (χ0v) is 23.0. The average Bonchev–Trinajstić information content (AvgIpc) is 3.00. The summed E-state index contributed by atoms with van der Waals surface area (Å²) in [4.78, 5) is -0.188. The smallest absolute Gasteiger partial charge is 0.0551 e. The minimum atomic E-state index is -0.812. The highest BCUT2D eigenvalue weighted by atomic mass is 31.2. The van der Waals surface area contributed by atoms with E-state index in [-0.39, 0.29) is 10.8 Å². The lowest BCUT2D eigenvalue weighted by molar-refractivity contribution is 0.810. The summed E-state index contributed by atoms with van der Waals surface area (Å²) >= 11 is 0. The molecule has 0 bridgehead atoms. The molecule has 0 saturated carbocycles. The van der Waals surface area contributed by atoms with E-state index < -0.39 is 15.8 Å². The van der Waals surface area contributed by atoms with Crippen LogP contribution in [0.15, 0.2) is 176 Å². The molecule has 38 heavy (non-hydrogen) atoms. The van der Waals surface area contributed by atoms with Gasteiger partial charge in [0.2, 0.25) is 0 Å². The molecule has 0 fully saturated rings. The van der Waals surface area contributed by atoms with Gasteiger partial charge in [-0.25, -0.2) is 0 Å². The highest BCUT2D eigenvalue weighted by Gasteiger charge is 2.51. The van der Waals surface area contributed by atoms with E-state index in [0.717, 1.165) is 0 Å². The zero-order chi connectivity index (χ0) is 25.6. The highest BCUT2D eigenvalue weighted by molar-refractivity contribution is 7.91. The molecule has 1 unspecified atom stereocenters. The summed E-state index contributed by atoms with van der Waals surface area (Å²) in [5.74, 6) is 0.215. The third kappa shape index (κ3) is 4.72. The van der Waals surface area contributed by atoms with Gasteiger partial charge in [0.15, 0.2) is 0 Å². The summed E-state index contributed by atoms with van der Waals surface area (Å²) in [6.07, 6.45) is 9.59. The molecule has 0 heterocycles. The fourth-order valence-corrected chi connectivity index (χ4v) is 13.4. The second-order valence-corrected chi connectivity index (χ2v) is 14.7. The van der Waals surface area contributed by atoms with Crippen LogP contribution in [0.25, 0.3) is 0 Å². The van der Waals surface area contributed by atoms with Crippen LogP contribution in [0.4, 0.5) is 0 Å². The molecular weight excluding hydrogens is 494 g/mol. The van der Waals surface area contributed by atoms with Gasteiger partial charge in [-0.1, -0.05) is 176 Å². The van der Waals surface area contributed by atoms with E-state index in [1.165, 1.54) is 26.8 Å². The van der Waals surface area contributed by atoms with E-state index in [1.54, 1.807) is 0 Å². The molecule has 5 aromatic rings. The lowest BCUT2D eigenvalue weighted by atomic mass is 9.91. The first-order chi connectivity index (χ1) is 18.9. The first-order valence-corrected chi connectivity index (χ1v) is 15.8. The van der Waals surface area contributed by atoms with Crippen molar-refractivity contribution in [1.82, 2.24) is 0 Å². The Bertz CT molecular complexity index is 1330. The van der Waals surface area contributed by atoms with Crippen LogP contribution >= 0.6 is 15.8 Å². The second kappa shape index (κ2) is 11.4. The van der Waals surface area contributed by atoms with Gasteiger partial charge in [0.25, 0.3) is 0 Å². The average molecular weight is 525 g/mol. The molecule has 0 N–H and O–H groups in total. The van der Waals surface area contributed by atoms with Crippen molar-refractivity contribution in [3.05, 3.63) is 182 Å². The summed E-state index contributed by atoms with van der Waals surface area (Å²) < 4.78 is 0. The molecular formula is C36H30P2. The van der Waals surface area contributed by atoms with Crippen molar-refractivity contribution >= 4 is 37.1 Å². The van der Waals surface area contributed by atoms with Crippen LogP contribution in [0.3, 0.4) is 0 Å². The molecule has 0 saturated heterocycles. The maximum absolute atomic E-state index is 2.57. The van der Waals surface area contributed by atoms with E-state index in [1.807, 2.05) is 0 Å². The predicted octanol–water partition coefficient (Wildman–Crippen LogP) is 7.86. The first-order valence-electron chi connectivity index (χ1n) is 13.1. The predicted molar refractivity (Wildman–Crippen MR) is 168 cm³/mol. The van der Waals surface area contributed by atoms with Crippen molar-refractivity contribution in [2.45, 2.75) is 10.8 Å². The monoisotopic (exact) mass is 524 g/mol. The molecule has 0 amide bonds. The summed E-state index contributed by atoms with van der Waals surface area (Å²) in [7, 11) is -1.62. The molecule has 5 aromatic carbocycles. The van der Waals surface area contributed by atoms with E-state index in [9.17, 15) is 0 Å². The number of benzene rings is 5. The Morgan fingerprint density at radius 3 is 1.11 bits per heavy atom. The lowest BCUT2D eigenvalue weighted by Gasteiger charge is -2.51. The Hall–Kier alpha value is -3.56. The number of rotatable bonds is 7. The number of hydrogen-bond acceptors (Lipinski definition) is 0. The first kappa shape index (κ1) is 24.8. The summed E-state index contributed by atoms with van der Waals surface area (Å²) in [5, 5.41) is 5.64. The third-order valence-corrected chi connectivity index (χ3v) is 13.9. The van der Waals surface area contributed by atoms with Crippen molar-refractivity contribution in [3.8, 4) is 0 Å². The van der Waals surface area contributed by atoms with Crippen molar-refractivity contribution in [2.75, 3.05) is 0 Å². The van der Waals surface area contributed by atoms with E-state index >= 15 is 0 Å². The minimum Gasteiger partial charge on any atom is -0.0754 e. The highest BCUT2D eigenvalue weighted by Crippen LogP contribution is 2.71. The van der Waals surface area contributed by atoms with Crippen LogP contribution in [0.2, 0.25) is 0 Å². The third-order valence-electron chi connectivity index (χ3n) is 7.15. The number of allylic oxidation sites excluding steroid dienone is 4. The molecule has 0 aromatic heterocycles. The number of hydrogen-bond donors (Lipinski definition) is 0. The SMILES string of the molecule is C1=CC(c2ccccc2)C(P(c2ccccc2)c2ccccc2)(P(c2ccccc2)c2ccccc2)C=C1. The summed E-state index contributed by atoms with van der Waals surface area (Å²) in [5.41, 5.74) is 1.37. The molecule has 1 aliphatic carbocycles. The quantitative estimate of drug-likeness (QED) is 0.190. The van der Waals surface area contributed by atoms with Gasteiger partial charge in [0.05, 0.1) is 4.90 Å². The van der Waals surface area contributed by atoms with Crippen molar-refractivity contribution in [2.24, 2.45) is 0 Å². The maximum atomic E-state index is 2.57. The van der Waals surface area contributed by atoms with Crippen molar-refractivity contribution in [1.29, 1.82) is 0 Å². The fourth-order valence-electron chi connectivity index (χ4n) is 5.60. The molecule has 6 rings (SSSR count). The van der Waals surface area contributed by atoms with Gasteiger partial charge in [-0.05, 0) is 42.6 Å². The largest absolute Gasteiger partial charge is 0.0754 e. The van der Waals surface area contributed by atoms with Crippen LogP contribution in [-0.2, 0) is 0 Å². The van der Waals surface area contributed by atoms with Crippen LogP contribution < -0.4 is 21.2 Å². The Morgan fingerprint density at radius 2 is 0.737 bits per heavy atom. The molecule has 0 spiro atoms. The van der Waals surface area contributed by atoms with Crippen molar-refractivity contribution in [3.63, 3.8) is 0 Å². The molecule has 2 heteroatoms. The molecule has 184 valence electrons. The molecule has 1 atom stereocenters. The maximum Gasteiger partial charge on any atom is 0.0551 e. The lowest BCUT2D eigenvalue weighted by Crippen LogP contribution is -2.42. The molecule has 0 radical (unpaired) electrons. The second-order valence-electron chi connectivity index (χ2n) is 9.43. The van der Waals surface area contributed by atoms with Gasteiger partial charge in [-0.2, -0.15) is 0 Å². The van der Waals surface area contributed by atoms with Crippen LogP contribution in [0, 0.1) is 0 Å². The standard InChI is InChI=1S/C36H30P2/c1-6-18-30(19-7-1)35-28-16-17-29-36(35,37(31-20-8-2-9-21-31)32-22-10-3-11-23-32)38(33-24-12-4-13-25-33)34-26-14-5-15-27-34/h1-29,35H. The van der Waals surface area contributed by atoms with Gasteiger partial charge in [0, 0.05) is 5.92 Å². The van der Waals surface area contributed by atoms with E-state index in [4.69, 9.17) is 0 Å². The van der Waals surface area contributed by atoms with E-state index in [0.29, 0.717) is 0 Å². The molecule has 0 aliphatic heterocycles. The topological polar surface area (TPSA) is 0 Å². The van der Waals surface area contributed by atoms with Gasteiger partial charge in [-0.3, -0.25) is 0 Å². The van der Waals surface area contributed by atoms with Gasteiger partial charge >= 0.3 is 0 Å². The Labute approximate surface area is 228 Å². The minimum absolute atomic E-state index is 0.188. The van der Waals surface area contributed by atoms with E-state index in [2.05, 4.69) is 176 Å². The molecule has 0 nitrogen and oxygen atoms in total. The normalized spacial score (nSPS) is 16.1. The zero-order valence-electron chi connectivity index (χ0n) is 21.2. The van der Waals surface area contributed by atoms with Crippen LogP contribution in [0.5, 0.6) is 0 Å². The van der Waals surface area contributed by atoms with Crippen molar-refractivity contribution < 1.29 is 0 Å². The van der Waals surface area contributed by atoms with Gasteiger partial charge < -0.3 is 0 Å². The van der Waals surface area contributed by atoms with Gasteiger partial charge in [0.1, 0.15) is 0 Å². The van der Waals surface area contributed by atoms with Gasteiger partial charge in [-0.15, -0.1) is 0 Å².